The third-order valence-electron chi connectivity index (χ3n) is 6.69. The molecule has 0 aliphatic heterocycles. The Labute approximate surface area is 196 Å². The molecule has 180 valence electrons. The average molecular weight is 431 g/mol. The Hall–Kier alpha value is -0.850. The van der Waals surface area contributed by atoms with Gasteiger partial charge in [0.1, 0.15) is 6.54 Å². The van der Waals surface area contributed by atoms with Gasteiger partial charge >= 0.3 is 0 Å². The van der Waals surface area contributed by atoms with Crippen LogP contribution in [-0.2, 0) is 19.4 Å². The molecule has 1 heteroatoms. The van der Waals surface area contributed by atoms with Crippen LogP contribution in [0.5, 0.6) is 0 Å². The zero-order chi connectivity index (χ0) is 22.4. The van der Waals surface area contributed by atoms with Gasteiger partial charge in [-0.3, -0.25) is 0 Å². The Bertz CT molecular complexity index is 471. The van der Waals surface area contributed by atoms with Gasteiger partial charge in [0, 0.05) is 17.5 Å². The highest BCUT2D eigenvalue weighted by Gasteiger charge is 2.08. The van der Waals surface area contributed by atoms with Crippen LogP contribution < -0.4 is 4.57 Å². The molecule has 0 amide bonds. The maximum atomic E-state index is 2.53. The molecular formula is C30H56N+. The predicted octanol–water partition coefficient (Wildman–Crippen LogP) is 9.53. The largest absolute Gasteiger partial charge is 0.205 e. The number of hydrogen-bond acceptors (Lipinski definition) is 0. The SMILES string of the molecule is CCCCCCCCCc1cc(CCCCCCCCC)c[n+](CCCCCCC)c1. The van der Waals surface area contributed by atoms with Crippen LogP contribution in [0.15, 0.2) is 18.5 Å². The van der Waals surface area contributed by atoms with E-state index in [0.717, 1.165) is 0 Å². The van der Waals surface area contributed by atoms with Gasteiger partial charge in [-0.25, -0.2) is 4.57 Å². The number of aromatic nitrogens is 1. The van der Waals surface area contributed by atoms with Gasteiger partial charge in [0.15, 0.2) is 12.4 Å². The lowest BCUT2D eigenvalue weighted by atomic mass is 10.0. The second-order valence-corrected chi connectivity index (χ2v) is 9.95. The van der Waals surface area contributed by atoms with Crippen LogP contribution in [0.25, 0.3) is 0 Å². The number of hydrogen-bond donors (Lipinski definition) is 0. The summed E-state index contributed by atoms with van der Waals surface area (Å²) in [5, 5.41) is 0. The molecule has 1 heterocycles. The lowest BCUT2D eigenvalue weighted by molar-refractivity contribution is -0.698. The van der Waals surface area contributed by atoms with E-state index in [2.05, 4.69) is 43.8 Å². The maximum absolute atomic E-state index is 2.53. The normalized spacial score (nSPS) is 11.3. The van der Waals surface area contributed by atoms with Gasteiger partial charge in [-0.15, -0.1) is 0 Å². The summed E-state index contributed by atoms with van der Waals surface area (Å²) < 4.78 is 2.53. The first-order valence-electron chi connectivity index (χ1n) is 14.3. The summed E-state index contributed by atoms with van der Waals surface area (Å²) in [7, 11) is 0. The minimum atomic E-state index is 1.21. The maximum Gasteiger partial charge on any atom is 0.171 e. The lowest BCUT2D eigenvalue weighted by Crippen LogP contribution is -2.34. The third-order valence-corrected chi connectivity index (χ3v) is 6.69. The highest BCUT2D eigenvalue weighted by Crippen LogP contribution is 2.14. The fourth-order valence-electron chi connectivity index (χ4n) is 4.65. The Morgan fingerprint density at radius 1 is 0.452 bits per heavy atom. The highest BCUT2D eigenvalue weighted by molar-refractivity contribution is 5.15. The van der Waals surface area contributed by atoms with E-state index in [1.165, 1.54) is 141 Å². The van der Waals surface area contributed by atoms with Gasteiger partial charge in [0.05, 0.1) is 0 Å². The van der Waals surface area contributed by atoms with E-state index in [1.54, 1.807) is 11.1 Å². The molecule has 0 spiro atoms. The van der Waals surface area contributed by atoms with Gasteiger partial charge in [0.2, 0.25) is 0 Å². The molecule has 1 aromatic heterocycles. The fourth-order valence-corrected chi connectivity index (χ4v) is 4.65. The molecule has 0 atom stereocenters. The predicted molar refractivity (Wildman–Crippen MR) is 139 cm³/mol. The number of pyridine rings is 1. The molecule has 31 heavy (non-hydrogen) atoms. The number of unbranched alkanes of at least 4 members (excludes halogenated alkanes) is 16. The molecule has 0 fully saturated rings. The van der Waals surface area contributed by atoms with Crippen molar-refractivity contribution in [1.29, 1.82) is 0 Å². The van der Waals surface area contributed by atoms with Crippen molar-refractivity contribution in [3.05, 3.63) is 29.6 Å². The second-order valence-electron chi connectivity index (χ2n) is 9.95. The van der Waals surface area contributed by atoms with Gasteiger partial charge in [-0.2, -0.15) is 0 Å². The molecule has 1 nitrogen and oxygen atoms in total. The van der Waals surface area contributed by atoms with E-state index in [4.69, 9.17) is 0 Å². The van der Waals surface area contributed by atoms with E-state index in [9.17, 15) is 0 Å². The summed E-state index contributed by atoms with van der Waals surface area (Å²) in [5.74, 6) is 0. The third kappa shape index (κ3) is 16.4. The molecule has 1 aromatic rings. The average Bonchev–Trinajstić information content (AvgIpc) is 2.78. The zero-order valence-corrected chi connectivity index (χ0v) is 21.7. The van der Waals surface area contributed by atoms with Gasteiger partial charge in [-0.1, -0.05) is 117 Å². The van der Waals surface area contributed by atoms with Crippen LogP contribution in [0.1, 0.15) is 154 Å². The molecule has 1 rings (SSSR count). The number of nitrogens with zero attached hydrogens (tertiary/aromatic N) is 1. The minimum absolute atomic E-state index is 1.21. The minimum Gasteiger partial charge on any atom is -0.205 e. The van der Waals surface area contributed by atoms with E-state index in [1.807, 2.05) is 0 Å². The smallest absolute Gasteiger partial charge is 0.171 e. The number of rotatable bonds is 22. The van der Waals surface area contributed by atoms with Crippen molar-refractivity contribution in [3.8, 4) is 0 Å². The molecule has 0 saturated heterocycles. The molecule has 0 unspecified atom stereocenters. The van der Waals surface area contributed by atoms with Gasteiger partial charge < -0.3 is 0 Å². The van der Waals surface area contributed by atoms with E-state index >= 15 is 0 Å². The lowest BCUT2D eigenvalue weighted by Gasteiger charge is -2.07. The van der Waals surface area contributed by atoms with Crippen molar-refractivity contribution in [2.45, 2.75) is 162 Å². The van der Waals surface area contributed by atoms with Crippen LogP contribution in [0.4, 0.5) is 0 Å². The van der Waals surface area contributed by atoms with Crippen LogP contribution >= 0.6 is 0 Å². The quantitative estimate of drug-likeness (QED) is 0.127. The molecule has 0 radical (unpaired) electrons. The second kappa shape index (κ2) is 21.0. The van der Waals surface area contributed by atoms with Crippen LogP contribution in [-0.4, -0.2) is 0 Å². The van der Waals surface area contributed by atoms with Crippen LogP contribution in [0, 0.1) is 0 Å². The van der Waals surface area contributed by atoms with E-state index in [-0.39, 0.29) is 0 Å². The van der Waals surface area contributed by atoms with Crippen molar-refractivity contribution in [2.75, 3.05) is 0 Å². The van der Waals surface area contributed by atoms with Crippen molar-refractivity contribution >= 4 is 0 Å². The van der Waals surface area contributed by atoms with Crippen molar-refractivity contribution in [2.24, 2.45) is 0 Å². The Kier molecular flexibility index (Phi) is 19.1. The van der Waals surface area contributed by atoms with E-state index in [0.29, 0.717) is 0 Å². The first-order valence-corrected chi connectivity index (χ1v) is 14.3. The molecule has 0 bridgehead atoms. The molecule has 0 N–H and O–H groups in total. The Morgan fingerprint density at radius 3 is 1.23 bits per heavy atom. The van der Waals surface area contributed by atoms with Gasteiger partial charge in [-0.05, 0) is 38.2 Å². The monoisotopic (exact) mass is 430 g/mol. The van der Waals surface area contributed by atoms with Crippen LogP contribution in [0.2, 0.25) is 0 Å². The summed E-state index contributed by atoms with van der Waals surface area (Å²) in [6, 6.07) is 2.53. The summed E-state index contributed by atoms with van der Waals surface area (Å²) in [4.78, 5) is 0. The first kappa shape index (κ1) is 28.2. The first-order chi connectivity index (χ1) is 15.3. The van der Waals surface area contributed by atoms with Crippen LogP contribution in [0.3, 0.4) is 0 Å². The molecular weight excluding hydrogens is 374 g/mol. The Morgan fingerprint density at radius 2 is 0.806 bits per heavy atom. The summed E-state index contributed by atoms with van der Waals surface area (Å²) in [6.45, 7) is 8.12. The summed E-state index contributed by atoms with van der Waals surface area (Å²) >= 11 is 0. The molecule has 0 aliphatic carbocycles. The highest BCUT2D eigenvalue weighted by atomic mass is 14.9. The Balaban J connectivity index is 2.45. The summed E-state index contributed by atoms with van der Waals surface area (Å²) in [5.41, 5.74) is 3.17. The molecule has 0 aliphatic rings. The van der Waals surface area contributed by atoms with Crippen molar-refractivity contribution < 1.29 is 4.57 Å². The standard InChI is InChI=1S/C30H56N/c1-4-7-10-13-15-17-20-23-29-26-30(24-21-18-16-14-11-8-5-2)28-31(27-29)25-22-19-12-9-6-3/h26-28H,4-25H2,1-3H3/q+1. The summed E-state index contributed by atoms with van der Waals surface area (Å²) in [6.07, 6.45) is 34.0. The van der Waals surface area contributed by atoms with Crippen molar-refractivity contribution in [3.63, 3.8) is 0 Å². The fraction of sp³-hybridized carbons (Fsp3) is 0.833. The van der Waals surface area contributed by atoms with E-state index < -0.39 is 0 Å². The number of aryl methyl sites for hydroxylation is 3. The molecule has 0 aromatic carbocycles. The van der Waals surface area contributed by atoms with Gasteiger partial charge in [0.25, 0.3) is 0 Å². The van der Waals surface area contributed by atoms with Crippen molar-refractivity contribution in [1.82, 2.24) is 0 Å². The zero-order valence-electron chi connectivity index (χ0n) is 21.7. The molecule has 0 saturated carbocycles. The topological polar surface area (TPSA) is 3.88 Å².